The number of phenolic OH excluding ortho intramolecular Hbond substituents is 1. The highest BCUT2D eigenvalue weighted by Crippen LogP contribution is 2.41. The largest absolute Gasteiger partial charge is 0.508 e. The molecule has 0 bridgehead atoms. The Morgan fingerprint density at radius 1 is 1.14 bits per heavy atom. The number of rotatable bonds is 2. The molecule has 142 valence electrons. The molecule has 0 radical (unpaired) electrons. The normalized spacial score (nSPS) is 12.4. The molecule has 0 saturated heterocycles. The zero-order valence-electron chi connectivity index (χ0n) is 14.7. The van der Waals surface area contributed by atoms with E-state index < -0.39 is 17.7 Å². The molecular weight excluding hydrogens is 371 g/mol. The van der Waals surface area contributed by atoms with E-state index in [2.05, 4.69) is 4.98 Å². The molecule has 1 N–H and O–H groups in total. The number of carbonyl (C=O) groups excluding carboxylic acids is 1. The Hall–Kier alpha value is -3.35. The third-order valence-electron chi connectivity index (χ3n) is 4.73. The quantitative estimate of drug-likeness (QED) is 0.502. The van der Waals surface area contributed by atoms with Gasteiger partial charge >= 0.3 is 12.1 Å². The number of aromatic hydroxyl groups is 1. The Bertz CT molecular complexity index is 1110. The fourth-order valence-electron chi connectivity index (χ4n) is 3.42. The van der Waals surface area contributed by atoms with Crippen molar-refractivity contribution >= 4 is 5.97 Å². The average Bonchev–Trinajstić information content (AvgIpc) is 3.03. The summed E-state index contributed by atoms with van der Waals surface area (Å²) in [5.41, 5.74) is 2.59. The van der Waals surface area contributed by atoms with Crippen molar-refractivity contribution in [1.82, 2.24) is 4.98 Å². The Morgan fingerprint density at radius 2 is 1.93 bits per heavy atom. The molecule has 1 heterocycles. The first-order valence-electron chi connectivity index (χ1n) is 8.40. The van der Waals surface area contributed by atoms with Crippen LogP contribution in [-0.4, -0.2) is 23.2 Å². The fourth-order valence-corrected chi connectivity index (χ4v) is 3.42. The van der Waals surface area contributed by atoms with E-state index in [0.29, 0.717) is 17.7 Å². The third kappa shape index (κ3) is 2.98. The molecule has 3 aromatic rings. The zero-order chi connectivity index (χ0) is 20.1. The van der Waals surface area contributed by atoms with Crippen LogP contribution in [0.4, 0.5) is 13.2 Å². The van der Waals surface area contributed by atoms with Gasteiger partial charge in [-0.2, -0.15) is 13.2 Å². The summed E-state index contributed by atoms with van der Waals surface area (Å²) in [5, 5.41) is 9.72. The van der Waals surface area contributed by atoms with Crippen molar-refractivity contribution in [2.75, 3.05) is 7.11 Å². The number of alkyl halides is 3. The number of ether oxygens (including phenoxy) is 1. The van der Waals surface area contributed by atoms with E-state index in [4.69, 9.17) is 4.74 Å². The molecule has 0 saturated carbocycles. The minimum Gasteiger partial charge on any atom is -0.508 e. The van der Waals surface area contributed by atoms with Gasteiger partial charge in [-0.3, -0.25) is 0 Å². The first-order valence-corrected chi connectivity index (χ1v) is 8.40. The van der Waals surface area contributed by atoms with Gasteiger partial charge in [0.05, 0.1) is 29.6 Å². The van der Waals surface area contributed by atoms with Crippen molar-refractivity contribution < 1.29 is 27.8 Å². The van der Waals surface area contributed by atoms with Gasteiger partial charge in [-0.1, -0.05) is 12.1 Å². The molecule has 7 heteroatoms. The number of aromatic nitrogens is 1. The lowest BCUT2D eigenvalue weighted by molar-refractivity contribution is -0.137. The number of halogens is 3. The molecule has 0 atom stereocenters. The number of methoxy groups -OCH3 is 1. The van der Waals surface area contributed by atoms with Crippen LogP contribution in [-0.2, 0) is 17.3 Å². The topological polar surface area (TPSA) is 59.4 Å². The number of esters is 1. The maximum absolute atomic E-state index is 13.1. The molecule has 0 spiro atoms. The van der Waals surface area contributed by atoms with Crippen LogP contribution >= 0.6 is 0 Å². The van der Waals surface area contributed by atoms with E-state index in [1.165, 1.54) is 31.4 Å². The second-order valence-corrected chi connectivity index (χ2v) is 6.47. The van der Waals surface area contributed by atoms with E-state index in [9.17, 15) is 23.1 Å². The SMILES string of the molecule is COC(=O)c1cc(-c2cccc(C(F)(F)F)c2)nc2c1Cc1cc(O)ccc1-2. The van der Waals surface area contributed by atoms with Gasteiger partial charge in [0.1, 0.15) is 5.75 Å². The predicted molar refractivity (Wildman–Crippen MR) is 95.9 cm³/mol. The molecule has 2 aromatic carbocycles. The maximum Gasteiger partial charge on any atom is 0.416 e. The number of pyridine rings is 1. The van der Waals surface area contributed by atoms with Crippen molar-refractivity contribution in [2.24, 2.45) is 0 Å². The van der Waals surface area contributed by atoms with Gasteiger partial charge < -0.3 is 9.84 Å². The number of benzene rings is 2. The molecule has 1 aliphatic carbocycles. The Labute approximate surface area is 158 Å². The summed E-state index contributed by atoms with van der Waals surface area (Å²) in [6.45, 7) is 0. The van der Waals surface area contributed by atoms with Gasteiger partial charge in [0.2, 0.25) is 0 Å². The average molecular weight is 385 g/mol. The molecule has 0 amide bonds. The highest BCUT2D eigenvalue weighted by atomic mass is 19.4. The van der Waals surface area contributed by atoms with Crippen molar-refractivity contribution in [3.63, 3.8) is 0 Å². The minimum atomic E-state index is -4.48. The van der Waals surface area contributed by atoms with E-state index in [1.54, 1.807) is 12.1 Å². The van der Waals surface area contributed by atoms with Crippen LogP contribution in [0.5, 0.6) is 5.75 Å². The van der Waals surface area contributed by atoms with Crippen LogP contribution in [0.2, 0.25) is 0 Å². The van der Waals surface area contributed by atoms with Crippen molar-refractivity contribution in [3.05, 3.63) is 70.8 Å². The smallest absolute Gasteiger partial charge is 0.416 e. The second kappa shape index (κ2) is 6.37. The van der Waals surface area contributed by atoms with Gasteiger partial charge in [-0.25, -0.2) is 9.78 Å². The van der Waals surface area contributed by atoms with Gasteiger partial charge in [-0.15, -0.1) is 0 Å². The highest BCUT2D eigenvalue weighted by Gasteiger charge is 2.31. The lowest BCUT2D eigenvalue weighted by atomic mass is 10.0. The molecule has 0 unspecified atom stereocenters. The van der Waals surface area contributed by atoms with E-state index >= 15 is 0 Å². The van der Waals surface area contributed by atoms with Gasteiger partial charge in [0.15, 0.2) is 0 Å². The van der Waals surface area contributed by atoms with Crippen LogP contribution in [0, 0.1) is 0 Å². The Kier molecular flexibility index (Phi) is 4.10. The van der Waals surface area contributed by atoms with Crippen molar-refractivity contribution in [3.8, 4) is 28.3 Å². The van der Waals surface area contributed by atoms with Gasteiger partial charge in [-0.05, 0) is 47.5 Å². The van der Waals surface area contributed by atoms with Gasteiger partial charge in [0, 0.05) is 17.5 Å². The molecule has 1 aromatic heterocycles. The number of fused-ring (bicyclic) bond motifs is 3. The van der Waals surface area contributed by atoms with E-state index in [1.807, 2.05) is 0 Å². The summed E-state index contributed by atoms with van der Waals surface area (Å²) in [5.74, 6) is -0.506. The monoisotopic (exact) mass is 385 g/mol. The maximum atomic E-state index is 13.1. The first kappa shape index (κ1) is 18.0. The highest BCUT2D eigenvalue weighted by molar-refractivity contribution is 5.96. The summed E-state index contributed by atoms with van der Waals surface area (Å²) < 4.78 is 44.1. The van der Waals surface area contributed by atoms with Crippen molar-refractivity contribution in [1.29, 1.82) is 0 Å². The lowest BCUT2D eigenvalue weighted by Crippen LogP contribution is -2.08. The first-order chi connectivity index (χ1) is 13.3. The molecule has 0 aliphatic heterocycles. The molecule has 4 nitrogen and oxygen atoms in total. The second-order valence-electron chi connectivity index (χ2n) is 6.47. The van der Waals surface area contributed by atoms with Crippen LogP contribution in [0.15, 0.2) is 48.5 Å². The van der Waals surface area contributed by atoms with Crippen LogP contribution < -0.4 is 0 Å². The number of hydrogen-bond acceptors (Lipinski definition) is 4. The summed E-state index contributed by atoms with van der Waals surface area (Å²) in [4.78, 5) is 16.9. The molecule has 28 heavy (non-hydrogen) atoms. The standard InChI is InChI=1S/C21H14F3NO3/c1-28-20(27)17-10-18(11-3-2-4-13(7-11)21(22,23)24)25-19-15-6-5-14(26)8-12(15)9-16(17)19/h2-8,10,26H,9H2,1H3. The predicted octanol–water partition coefficient (Wildman–Crippen LogP) is 4.83. The molecule has 4 rings (SSSR count). The van der Waals surface area contributed by atoms with Gasteiger partial charge in [0.25, 0.3) is 0 Å². The fraction of sp³-hybridized carbons (Fsp3) is 0.143. The summed E-state index contributed by atoms with van der Waals surface area (Å²) in [7, 11) is 1.24. The van der Waals surface area contributed by atoms with Crippen LogP contribution in [0.25, 0.3) is 22.5 Å². The summed E-state index contributed by atoms with van der Waals surface area (Å²) in [6, 6.07) is 11.0. The van der Waals surface area contributed by atoms with E-state index in [0.717, 1.165) is 23.3 Å². The number of phenols is 1. The molecular formula is C21H14F3NO3. The minimum absolute atomic E-state index is 0.0873. The number of nitrogens with zero attached hydrogens (tertiary/aromatic N) is 1. The summed E-state index contributed by atoms with van der Waals surface area (Å²) >= 11 is 0. The number of carbonyl (C=O) groups is 1. The lowest BCUT2D eigenvalue weighted by Gasteiger charge is -2.12. The third-order valence-corrected chi connectivity index (χ3v) is 4.73. The Morgan fingerprint density at radius 3 is 2.64 bits per heavy atom. The zero-order valence-corrected chi connectivity index (χ0v) is 14.7. The van der Waals surface area contributed by atoms with Crippen LogP contribution in [0.3, 0.4) is 0 Å². The van der Waals surface area contributed by atoms with Crippen LogP contribution in [0.1, 0.15) is 27.0 Å². The summed E-state index contributed by atoms with van der Waals surface area (Å²) in [6.07, 6.45) is -4.11. The number of hydrogen-bond donors (Lipinski definition) is 1. The Balaban J connectivity index is 1.93. The van der Waals surface area contributed by atoms with Crippen molar-refractivity contribution in [2.45, 2.75) is 12.6 Å². The molecule has 0 fully saturated rings. The van der Waals surface area contributed by atoms with E-state index in [-0.39, 0.29) is 22.6 Å². The molecule has 1 aliphatic rings.